The van der Waals surface area contributed by atoms with Crippen LogP contribution in [0.2, 0.25) is 0 Å². The summed E-state index contributed by atoms with van der Waals surface area (Å²) in [4.78, 5) is 11.9. The van der Waals surface area contributed by atoms with Crippen molar-refractivity contribution >= 4 is 27.2 Å². The van der Waals surface area contributed by atoms with E-state index in [1.54, 1.807) is 36.4 Å². The van der Waals surface area contributed by atoms with Crippen LogP contribution in [0.3, 0.4) is 0 Å². The Morgan fingerprint density at radius 1 is 1.00 bits per heavy atom. The van der Waals surface area contributed by atoms with E-state index in [4.69, 9.17) is 4.74 Å². The first-order valence-corrected chi connectivity index (χ1v) is 9.02. The highest BCUT2D eigenvalue weighted by Crippen LogP contribution is 2.17. The molecule has 2 N–H and O–H groups in total. The van der Waals surface area contributed by atoms with Crippen molar-refractivity contribution in [2.45, 2.75) is 0 Å². The molecule has 0 atom stereocenters. The molecule has 0 aliphatic carbocycles. The number of anilines is 2. The Bertz CT molecular complexity index is 761. The van der Waals surface area contributed by atoms with Gasteiger partial charge < -0.3 is 15.4 Å². The van der Waals surface area contributed by atoms with Crippen LogP contribution in [-0.2, 0) is 9.84 Å². The van der Waals surface area contributed by atoms with Gasteiger partial charge in [-0.15, -0.1) is 0 Å². The number of hydrogen-bond acceptors (Lipinski definition) is 4. The molecule has 2 aromatic carbocycles. The van der Waals surface area contributed by atoms with E-state index < -0.39 is 9.84 Å². The molecule has 0 heterocycles. The highest BCUT2D eigenvalue weighted by atomic mass is 32.2. The maximum absolute atomic E-state index is 11.9. The van der Waals surface area contributed by atoms with Crippen LogP contribution in [0.4, 0.5) is 16.2 Å². The van der Waals surface area contributed by atoms with Gasteiger partial charge in [0.05, 0.1) is 5.75 Å². The topological polar surface area (TPSA) is 84.5 Å². The lowest BCUT2D eigenvalue weighted by Gasteiger charge is -2.10. The average molecular weight is 334 g/mol. The molecule has 0 fully saturated rings. The molecule has 0 saturated heterocycles. The van der Waals surface area contributed by atoms with Crippen LogP contribution >= 0.6 is 0 Å². The predicted octanol–water partition coefficient (Wildman–Crippen LogP) is 2.75. The summed E-state index contributed by atoms with van der Waals surface area (Å²) in [5, 5.41) is 5.39. The highest BCUT2D eigenvalue weighted by molar-refractivity contribution is 7.90. The Kier molecular flexibility index (Phi) is 5.59. The third-order valence-electron chi connectivity index (χ3n) is 2.85. The van der Waals surface area contributed by atoms with Crippen molar-refractivity contribution in [3.05, 3.63) is 54.6 Å². The van der Waals surface area contributed by atoms with Crippen LogP contribution in [-0.4, -0.2) is 33.1 Å². The van der Waals surface area contributed by atoms with Gasteiger partial charge in [-0.2, -0.15) is 0 Å². The summed E-state index contributed by atoms with van der Waals surface area (Å²) in [5.41, 5.74) is 1.24. The SMILES string of the molecule is CS(=O)(=O)CCOc1cccc(NC(=O)Nc2ccccc2)c1. The normalized spacial score (nSPS) is 10.8. The number of benzene rings is 2. The van der Waals surface area contributed by atoms with Crippen LogP contribution in [0.1, 0.15) is 0 Å². The van der Waals surface area contributed by atoms with Gasteiger partial charge >= 0.3 is 6.03 Å². The minimum absolute atomic E-state index is 0.0564. The van der Waals surface area contributed by atoms with E-state index in [0.29, 0.717) is 17.1 Å². The number of para-hydroxylation sites is 1. The van der Waals surface area contributed by atoms with E-state index in [-0.39, 0.29) is 18.4 Å². The smallest absolute Gasteiger partial charge is 0.323 e. The molecule has 0 unspecified atom stereocenters. The van der Waals surface area contributed by atoms with E-state index in [9.17, 15) is 13.2 Å². The van der Waals surface area contributed by atoms with Gasteiger partial charge in [0.25, 0.3) is 0 Å². The van der Waals surface area contributed by atoms with Crippen molar-refractivity contribution in [1.29, 1.82) is 0 Å². The quantitative estimate of drug-likeness (QED) is 0.851. The number of carbonyl (C=O) groups is 1. The molecule has 0 radical (unpaired) electrons. The van der Waals surface area contributed by atoms with Gasteiger partial charge in [0, 0.05) is 23.7 Å². The maximum atomic E-state index is 11.9. The van der Waals surface area contributed by atoms with Gasteiger partial charge in [-0.1, -0.05) is 24.3 Å². The number of ether oxygens (including phenoxy) is 1. The number of urea groups is 1. The fourth-order valence-corrected chi connectivity index (χ4v) is 2.18. The fraction of sp³-hybridized carbons (Fsp3) is 0.188. The van der Waals surface area contributed by atoms with Crippen molar-refractivity contribution in [1.82, 2.24) is 0 Å². The molecule has 2 rings (SSSR count). The first-order valence-electron chi connectivity index (χ1n) is 6.96. The first-order chi connectivity index (χ1) is 10.9. The molecule has 2 amide bonds. The third kappa shape index (κ3) is 6.39. The van der Waals surface area contributed by atoms with E-state index in [2.05, 4.69) is 10.6 Å². The lowest BCUT2D eigenvalue weighted by Crippen LogP contribution is -2.19. The lowest BCUT2D eigenvalue weighted by molar-refractivity contribution is 0.262. The van der Waals surface area contributed by atoms with E-state index >= 15 is 0 Å². The Labute approximate surface area is 135 Å². The van der Waals surface area contributed by atoms with Gasteiger partial charge in [0.2, 0.25) is 0 Å². The molecule has 0 aromatic heterocycles. The molecular weight excluding hydrogens is 316 g/mol. The highest BCUT2D eigenvalue weighted by Gasteiger charge is 2.05. The first kappa shape index (κ1) is 16.8. The van der Waals surface area contributed by atoms with Crippen molar-refractivity contribution in [3.8, 4) is 5.75 Å². The van der Waals surface area contributed by atoms with Crippen molar-refractivity contribution < 1.29 is 17.9 Å². The minimum atomic E-state index is -3.06. The Hall–Kier alpha value is -2.54. The number of sulfone groups is 1. The summed E-state index contributed by atoms with van der Waals surface area (Å²) in [5.74, 6) is 0.435. The molecule has 0 saturated carbocycles. The number of hydrogen-bond donors (Lipinski definition) is 2. The Balaban J connectivity index is 1.90. The van der Waals surface area contributed by atoms with Crippen molar-refractivity contribution in [2.75, 3.05) is 29.2 Å². The zero-order valence-corrected chi connectivity index (χ0v) is 13.5. The second kappa shape index (κ2) is 7.64. The van der Waals surface area contributed by atoms with Crippen LogP contribution in [0.5, 0.6) is 5.75 Å². The summed E-state index contributed by atoms with van der Waals surface area (Å²) in [7, 11) is -3.06. The zero-order valence-electron chi connectivity index (χ0n) is 12.7. The van der Waals surface area contributed by atoms with E-state index in [1.807, 2.05) is 18.2 Å². The Morgan fingerprint density at radius 3 is 2.35 bits per heavy atom. The van der Waals surface area contributed by atoms with Crippen molar-refractivity contribution in [3.63, 3.8) is 0 Å². The van der Waals surface area contributed by atoms with Gasteiger partial charge in [-0.25, -0.2) is 13.2 Å². The summed E-state index contributed by atoms with van der Waals surface area (Å²) >= 11 is 0. The predicted molar refractivity (Wildman–Crippen MR) is 90.7 cm³/mol. The second-order valence-corrected chi connectivity index (χ2v) is 7.21. The average Bonchev–Trinajstić information content (AvgIpc) is 2.47. The Morgan fingerprint density at radius 2 is 1.65 bits per heavy atom. The number of nitrogens with one attached hydrogen (secondary N) is 2. The standard InChI is InChI=1S/C16H18N2O4S/c1-23(20,21)11-10-22-15-9-5-8-14(12-15)18-16(19)17-13-6-3-2-4-7-13/h2-9,12H,10-11H2,1H3,(H2,17,18,19). The monoisotopic (exact) mass is 334 g/mol. The number of rotatable bonds is 6. The van der Waals surface area contributed by atoms with Crippen LogP contribution in [0.25, 0.3) is 0 Å². The third-order valence-corrected chi connectivity index (χ3v) is 3.75. The maximum Gasteiger partial charge on any atom is 0.323 e. The summed E-state index contributed by atoms with van der Waals surface area (Å²) < 4.78 is 27.5. The molecule has 122 valence electrons. The molecule has 7 heteroatoms. The fourth-order valence-electron chi connectivity index (χ4n) is 1.79. The largest absolute Gasteiger partial charge is 0.492 e. The second-order valence-electron chi connectivity index (χ2n) is 4.95. The molecule has 0 aliphatic rings. The molecule has 23 heavy (non-hydrogen) atoms. The van der Waals surface area contributed by atoms with Gasteiger partial charge in [-0.05, 0) is 24.3 Å². The lowest BCUT2D eigenvalue weighted by atomic mass is 10.3. The molecule has 6 nitrogen and oxygen atoms in total. The van der Waals surface area contributed by atoms with E-state index in [0.717, 1.165) is 6.26 Å². The summed E-state index contributed by atoms with van der Waals surface area (Å²) in [6.07, 6.45) is 1.16. The van der Waals surface area contributed by atoms with Crippen LogP contribution in [0.15, 0.2) is 54.6 Å². The van der Waals surface area contributed by atoms with Gasteiger partial charge in [0.15, 0.2) is 9.84 Å². The molecule has 0 bridgehead atoms. The molecule has 0 aliphatic heterocycles. The molecule has 0 spiro atoms. The van der Waals surface area contributed by atoms with Crippen LogP contribution < -0.4 is 15.4 Å². The van der Waals surface area contributed by atoms with Gasteiger partial charge in [-0.3, -0.25) is 0 Å². The van der Waals surface area contributed by atoms with Gasteiger partial charge in [0.1, 0.15) is 12.4 Å². The zero-order chi connectivity index (χ0) is 16.7. The summed E-state index contributed by atoms with van der Waals surface area (Å²) in [6.45, 7) is 0.0680. The number of carbonyl (C=O) groups excluding carboxylic acids is 1. The van der Waals surface area contributed by atoms with Crippen LogP contribution in [0, 0.1) is 0 Å². The van der Waals surface area contributed by atoms with E-state index in [1.165, 1.54) is 0 Å². The summed E-state index contributed by atoms with van der Waals surface area (Å²) in [6, 6.07) is 15.5. The number of amides is 2. The molecular formula is C16H18N2O4S. The minimum Gasteiger partial charge on any atom is -0.492 e. The molecule has 2 aromatic rings. The van der Waals surface area contributed by atoms with Crippen molar-refractivity contribution in [2.24, 2.45) is 0 Å².